The molecule has 8 nitrogen and oxygen atoms in total. The molecule has 0 spiro atoms. The fraction of sp³-hybridized carbons (Fsp3) is 0.306. The van der Waals surface area contributed by atoms with Gasteiger partial charge in [0.2, 0.25) is 17.6 Å². The summed E-state index contributed by atoms with van der Waals surface area (Å²) in [5, 5.41) is 0.619. The number of benzene rings is 3. The Bertz CT molecular complexity index is 1800. The van der Waals surface area contributed by atoms with Gasteiger partial charge in [0.05, 0.1) is 41.4 Å². The van der Waals surface area contributed by atoms with Crippen molar-refractivity contribution in [2.75, 3.05) is 12.0 Å². The molecular weight excluding hydrogens is 556 g/mol. The van der Waals surface area contributed by atoms with Crippen LogP contribution in [0.15, 0.2) is 72.8 Å². The molecule has 8 heteroatoms. The summed E-state index contributed by atoms with van der Waals surface area (Å²) in [4.78, 5) is 59.4. The van der Waals surface area contributed by atoms with Crippen molar-refractivity contribution in [1.29, 1.82) is 0 Å². The number of amides is 2. The second kappa shape index (κ2) is 10.7. The van der Waals surface area contributed by atoms with Gasteiger partial charge in [-0.05, 0) is 99.5 Å². The van der Waals surface area contributed by atoms with E-state index in [0.29, 0.717) is 56.6 Å². The number of fused-ring (bicyclic) bond motifs is 6. The molecule has 2 saturated carbocycles. The maximum absolute atomic E-state index is 13.6. The fourth-order valence-corrected chi connectivity index (χ4v) is 7.37. The minimum atomic E-state index is -1.02. The largest absolute Gasteiger partial charge is 0.497 e. The lowest BCUT2D eigenvalue weighted by Crippen LogP contribution is -2.32. The lowest BCUT2D eigenvalue weighted by molar-refractivity contribution is -0.123. The van der Waals surface area contributed by atoms with Gasteiger partial charge in [-0.1, -0.05) is 23.8 Å². The number of hydrogen-bond acceptors (Lipinski definition) is 7. The van der Waals surface area contributed by atoms with Gasteiger partial charge in [0, 0.05) is 16.5 Å². The molecule has 1 aliphatic heterocycles. The molecule has 2 aliphatic carbocycles. The maximum Gasteiger partial charge on any atom is 0.339 e. The van der Waals surface area contributed by atoms with E-state index in [4.69, 9.17) is 14.5 Å². The molecule has 3 aliphatic rings. The molecule has 44 heavy (non-hydrogen) atoms. The average Bonchev–Trinajstić information content (AvgIpc) is 3.73. The molecule has 3 aromatic carbocycles. The van der Waals surface area contributed by atoms with Gasteiger partial charge < -0.3 is 9.47 Å². The molecule has 1 aromatic heterocycles. The Kier molecular flexibility index (Phi) is 6.80. The molecule has 222 valence electrons. The highest BCUT2D eigenvalue weighted by molar-refractivity contribution is 6.22. The molecule has 2 bridgehead atoms. The van der Waals surface area contributed by atoms with Crippen LogP contribution in [0.25, 0.3) is 22.2 Å². The number of methoxy groups -OCH3 is 1. The monoisotopic (exact) mass is 588 g/mol. The molecule has 2 amide bonds. The number of ether oxygens (including phenoxy) is 2. The number of nitrogens with zero attached hydrogens (tertiary/aromatic N) is 2. The predicted molar refractivity (Wildman–Crippen MR) is 164 cm³/mol. The van der Waals surface area contributed by atoms with Gasteiger partial charge in [0.1, 0.15) is 5.75 Å². The number of ketones is 1. The Hall–Kier alpha value is -4.85. The average molecular weight is 589 g/mol. The van der Waals surface area contributed by atoms with Crippen molar-refractivity contribution in [1.82, 2.24) is 4.98 Å². The number of hydrogen-bond donors (Lipinski definition) is 0. The van der Waals surface area contributed by atoms with Crippen molar-refractivity contribution in [3.63, 3.8) is 0 Å². The summed E-state index contributed by atoms with van der Waals surface area (Å²) in [5.74, 6) is -0.215. The molecule has 5 unspecified atom stereocenters. The van der Waals surface area contributed by atoms with E-state index in [0.717, 1.165) is 24.8 Å². The summed E-state index contributed by atoms with van der Waals surface area (Å²) in [7, 11) is 1.55. The number of imide groups is 1. The van der Waals surface area contributed by atoms with Crippen molar-refractivity contribution in [2.45, 2.75) is 39.2 Å². The predicted octanol–water partition coefficient (Wildman–Crippen LogP) is 6.18. The van der Waals surface area contributed by atoms with Gasteiger partial charge in [-0.2, -0.15) is 0 Å². The summed E-state index contributed by atoms with van der Waals surface area (Å²) < 4.78 is 10.8. The van der Waals surface area contributed by atoms with Crippen LogP contribution in [0.1, 0.15) is 52.5 Å². The van der Waals surface area contributed by atoms with Gasteiger partial charge >= 0.3 is 5.97 Å². The molecule has 7 rings (SSSR count). The van der Waals surface area contributed by atoms with Crippen LogP contribution < -0.4 is 9.64 Å². The molecule has 0 radical (unpaired) electrons. The lowest BCUT2D eigenvalue weighted by Gasteiger charge is -2.19. The maximum atomic E-state index is 13.6. The first-order valence-corrected chi connectivity index (χ1v) is 15.0. The lowest BCUT2D eigenvalue weighted by atomic mass is 9.81. The Morgan fingerprint density at radius 2 is 1.55 bits per heavy atom. The Labute approximate surface area is 255 Å². The van der Waals surface area contributed by atoms with Crippen molar-refractivity contribution < 1.29 is 28.7 Å². The molecule has 0 N–H and O–H groups in total. The van der Waals surface area contributed by atoms with Crippen LogP contribution in [-0.2, 0) is 14.3 Å². The van der Waals surface area contributed by atoms with Gasteiger partial charge in [-0.3, -0.25) is 19.3 Å². The fourth-order valence-electron chi connectivity index (χ4n) is 7.37. The highest BCUT2D eigenvalue weighted by Gasteiger charge is 2.61. The second-order valence-electron chi connectivity index (χ2n) is 12.2. The summed E-state index contributed by atoms with van der Waals surface area (Å²) in [6, 6.07) is 21.1. The normalized spacial score (nSPS) is 22.8. The van der Waals surface area contributed by atoms with E-state index >= 15 is 0 Å². The van der Waals surface area contributed by atoms with Gasteiger partial charge in [0.25, 0.3) is 0 Å². The number of pyridine rings is 1. The number of carbonyl (C=O) groups excluding carboxylic acids is 4. The number of aromatic nitrogens is 1. The first-order valence-electron chi connectivity index (χ1n) is 15.0. The van der Waals surface area contributed by atoms with Crippen LogP contribution in [0.3, 0.4) is 0 Å². The summed E-state index contributed by atoms with van der Waals surface area (Å²) in [6.45, 7) is 3.48. The minimum Gasteiger partial charge on any atom is -0.497 e. The summed E-state index contributed by atoms with van der Waals surface area (Å²) >= 11 is 0. The molecular formula is C36H32N2O6. The smallest absolute Gasteiger partial charge is 0.339 e. The number of aryl methyl sites for hydroxylation is 1. The Morgan fingerprint density at radius 1 is 0.886 bits per heavy atom. The number of carbonyl (C=O) groups is 4. The van der Waals surface area contributed by atoms with Crippen LogP contribution in [0.5, 0.6) is 5.75 Å². The van der Waals surface area contributed by atoms with Crippen molar-refractivity contribution in [2.24, 2.45) is 23.7 Å². The van der Waals surface area contributed by atoms with E-state index < -0.39 is 12.1 Å². The van der Waals surface area contributed by atoms with Crippen molar-refractivity contribution in [3.8, 4) is 17.0 Å². The van der Waals surface area contributed by atoms with Crippen LogP contribution >= 0.6 is 0 Å². The van der Waals surface area contributed by atoms with Crippen LogP contribution in [0.4, 0.5) is 5.69 Å². The Morgan fingerprint density at radius 3 is 2.18 bits per heavy atom. The SMILES string of the molecule is COc1ccc(C(=O)C(C)OC(=O)c2cc(-c3ccc(N4C(=O)C5C6CCC(C6)C5C4=O)cc3)nc3ccc(C)cc23)cc1. The van der Waals surface area contributed by atoms with Crippen molar-refractivity contribution in [3.05, 3.63) is 89.5 Å². The van der Waals surface area contributed by atoms with E-state index in [1.807, 2.05) is 37.3 Å². The number of rotatable bonds is 7. The molecule has 5 atom stereocenters. The molecule has 4 aromatic rings. The third-order valence-corrected chi connectivity index (χ3v) is 9.56. The second-order valence-corrected chi connectivity index (χ2v) is 12.2. The zero-order valence-corrected chi connectivity index (χ0v) is 24.8. The van der Waals surface area contributed by atoms with E-state index in [1.165, 1.54) is 4.90 Å². The van der Waals surface area contributed by atoms with E-state index in [9.17, 15) is 19.2 Å². The quantitative estimate of drug-likeness (QED) is 0.144. The van der Waals surface area contributed by atoms with Crippen LogP contribution in [0.2, 0.25) is 0 Å². The molecule has 1 saturated heterocycles. The zero-order valence-electron chi connectivity index (χ0n) is 24.8. The molecule has 3 fully saturated rings. The topological polar surface area (TPSA) is 103 Å². The number of esters is 1. The number of anilines is 1. The van der Waals surface area contributed by atoms with Gasteiger partial charge in [0.15, 0.2) is 6.10 Å². The van der Waals surface area contributed by atoms with Gasteiger partial charge in [-0.25, -0.2) is 9.78 Å². The number of Topliss-reactive ketones (excluding diaryl/α,β-unsaturated/α-hetero) is 1. The van der Waals surface area contributed by atoms with Gasteiger partial charge in [-0.15, -0.1) is 0 Å². The minimum absolute atomic E-state index is 0.0810. The summed E-state index contributed by atoms with van der Waals surface area (Å²) in [6.07, 6.45) is 2.04. The van der Waals surface area contributed by atoms with E-state index in [1.54, 1.807) is 56.5 Å². The van der Waals surface area contributed by atoms with Crippen LogP contribution in [-0.4, -0.2) is 41.8 Å². The van der Waals surface area contributed by atoms with E-state index in [-0.39, 0.29) is 29.4 Å². The first-order chi connectivity index (χ1) is 21.2. The zero-order chi connectivity index (χ0) is 30.7. The van der Waals surface area contributed by atoms with Crippen LogP contribution in [0, 0.1) is 30.6 Å². The Balaban J connectivity index is 1.17. The first kappa shape index (κ1) is 28.0. The summed E-state index contributed by atoms with van der Waals surface area (Å²) in [5.41, 5.74) is 4.06. The van der Waals surface area contributed by atoms with Crippen molar-refractivity contribution >= 4 is 40.2 Å². The highest BCUT2D eigenvalue weighted by atomic mass is 16.5. The molecule has 2 heterocycles. The third kappa shape index (κ3) is 4.56. The standard InChI is InChI=1S/C36H32N2O6/c1-19-4-15-29-27(16-19)28(36(42)44-20(2)33(39)22-9-13-26(43-3)14-10-22)18-30(37-29)21-7-11-25(12-8-21)38-34(40)31-23-5-6-24(17-23)32(31)35(38)41/h4,7-16,18,20,23-24,31-32H,5-6,17H2,1-3H3. The third-order valence-electron chi connectivity index (χ3n) is 9.56. The highest BCUT2D eigenvalue weighted by Crippen LogP contribution is 2.56. The van der Waals surface area contributed by atoms with E-state index in [2.05, 4.69) is 0 Å².